The normalized spacial score (nSPS) is 16.6. The third-order valence-electron chi connectivity index (χ3n) is 5.15. The Morgan fingerprint density at radius 3 is 2.48 bits per heavy atom. The van der Waals surface area contributed by atoms with Gasteiger partial charge in [-0.25, -0.2) is 13.2 Å². The number of hydrogen-bond donors (Lipinski definition) is 2. The molecule has 1 atom stereocenters. The van der Waals surface area contributed by atoms with Crippen LogP contribution in [0.1, 0.15) is 55.3 Å². The SMILES string of the molecule is CC(CC(=N)c1ccc(S(C)(=O)=O)cc1)c1noc(C2CCN(C(=O)O)CC2)n1. The fraction of sp³-hybridized carbons (Fsp3) is 0.474. The molecule has 2 aromatic rings. The maximum absolute atomic E-state index is 11.5. The molecule has 1 saturated heterocycles. The molecule has 29 heavy (non-hydrogen) atoms. The topological polar surface area (TPSA) is 137 Å². The van der Waals surface area contributed by atoms with Gasteiger partial charge in [-0.05, 0) is 37.0 Å². The van der Waals surface area contributed by atoms with Crippen molar-refractivity contribution in [1.82, 2.24) is 15.0 Å². The molecule has 1 amide bonds. The van der Waals surface area contributed by atoms with E-state index in [2.05, 4.69) is 10.1 Å². The zero-order valence-electron chi connectivity index (χ0n) is 16.3. The molecule has 1 fully saturated rings. The molecule has 156 valence electrons. The first-order chi connectivity index (χ1) is 13.6. The van der Waals surface area contributed by atoms with E-state index in [-0.39, 0.29) is 16.7 Å². The maximum atomic E-state index is 11.5. The number of nitrogens with zero attached hydrogens (tertiary/aromatic N) is 3. The summed E-state index contributed by atoms with van der Waals surface area (Å²) in [6, 6.07) is 6.26. The Balaban J connectivity index is 1.61. The minimum atomic E-state index is -3.27. The quantitative estimate of drug-likeness (QED) is 0.685. The van der Waals surface area contributed by atoms with Crippen LogP contribution in [0.2, 0.25) is 0 Å². The Bertz CT molecular complexity index is 992. The average molecular weight is 420 g/mol. The summed E-state index contributed by atoms with van der Waals surface area (Å²) in [4.78, 5) is 17.1. The van der Waals surface area contributed by atoms with Gasteiger partial charge in [-0.2, -0.15) is 4.98 Å². The van der Waals surface area contributed by atoms with E-state index in [0.29, 0.717) is 55.3 Å². The fourth-order valence-corrected chi connectivity index (χ4v) is 3.98. The van der Waals surface area contributed by atoms with E-state index < -0.39 is 15.9 Å². The highest BCUT2D eigenvalue weighted by Gasteiger charge is 2.28. The Kier molecular flexibility index (Phi) is 6.02. The van der Waals surface area contributed by atoms with Crippen LogP contribution in [-0.4, -0.2) is 59.7 Å². The minimum Gasteiger partial charge on any atom is -0.465 e. The van der Waals surface area contributed by atoms with E-state index >= 15 is 0 Å². The molecular formula is C19H24N4O5S. The molecule has 1 unspecified atom stereocenters. The van der Waals surface area contributed by atoms with E-state index in [1.807, 2.05) is 6.92 Å². The molecule has 0 aliphatic carbocycles. The number of carbonyl (C=O) groups is 1. The predicted molar refractivity (Wildman–Crippen MR) is 105 cm³/mol. The first kappa shape index (κ1) is 21.0. The van der Waals surface area contributed by atoms with E-state index in [4.69, 9.17) is 15.0 Å². The van der Waals surface area contributed by atoms with Gasteiger partial charge < -0.3 is 19.9 Å². The summed E-state index contributed by atoms with van der Waals surface area (Å²) in [6.45, 7) is 2.80. The van der Waals surface area contributed by atoms with E-state index in [1.54, 1.807) is 12.1 Å². The Labute approximate surface area is 169 Å². The van der Waals surface area contributed by atoms with Crippen LogP contribution in [0.3, 0.4) is 0 Å². The molecule has 0 spiro atoms. The molecule has 1 aromatic heterocycles. The van der Waals surface area contributed by atoms with Crippen molar-refractivity contribution in [2.75, 3.05) is 19.3 Å². The Morgan fingerprint density at radius 2 is 1.93 bits per heavy atom. The molecule has 0 saturated carbocycles. The van der Waals surface area contributed by atoms with Crippen molar-refractivity contribution >= 4 is 21.6 Å². The number of piperidine rings is 1. The van der Waals surface area contributed by atoms with Crippen molar-refractivity contribution < 1.29 is 22.8 Å². The molecule has 0 bridgehead atoms. The highest BCUT2D eigenvalue weighted by atomic mass is 32.2. The lowest BCUT2D eigenvalue weighted by Crippen LogP contribution is -2.36. The van der Waals surface area contributed by atoms with Gasteiger partial charge in [-0.1, -0.05) is 24.2 Å². The zero-order valence-corrected chi connectivity index (χ0v) is 17.1. The summed E-state index contributed by atoms with van der Waals surface area (Å²) in [5.74, 6) is 0.926. The van der Waals surface area contributed by atoms with Crippen LogP contribution in [0, 0.1) is 5.41 Å². The molecule has 10 heteroatoms. The number of nitrogens with one attached hydrogen (secondary N) is 1. The fourth-order valence-electron chi connectivity index (χ4n) is 3.35. The molecule has 0 radical (unpaired) electrons. The first-order valence-electron chi connectivity index (χ1n) is 9.34. The zero-order chi connectivity index (χ0) is 21.2. The molecule has 1 aliphatic heterocycles. The molecule has 9 nitrogen and oxygen atoms in total. The summed E-state index contributed by atoms with van der Waals surface area (Å²) in [7, 11) is -3.27. The first-order valence-corrected chi connectivity index (χ1v) is 11.2. The molecule has 2 heterocycles. The van der Waals surface area contributed by atoms with Gasteiger partial charge in [0.2, 0.25) is 5.89 Å². The monoisotopic (exact) mass is 420 g/mol. The third kappa shape index (κ3) is 5.00. The number of aromatic nitrogens is 2. The standard InChI is InChI=1S/C19H24N4O5S/c1-12(11-16(20)13-3-5-15(6-4-13)29(2,26)27)17-21-18(28-22-17)14-7-9-23(10-8-14)19(24)25/h3-6,12,14,20H,7-11H2,1-2H3,(H,24,25). The number of amides is 1. The lowest BCUT2D eigenvalue weighted by atomic mass is 9.96. The van der Waals surface area contributed by atoms with Gasteiger partial charge in [0.25, 0.3) is 0 Å². The maximum Gasteiger partial charge on any atom is 0.407 e. The van der Waals surface area contributed by atoms with Crippen LogP contribution in [0.15, 0.2) is 33.7 Å². The van der Waals surface area contributed by atoms with Crippen LogP contribution in [0.25, 0.3) is 0 Å². The van der Waals surface area contributed by atoms with Crippen LogP contribution in [0.5, 0.6) is 0 Å². The molecule has 1 aliphatic rings. The van der Waals surface area contributed by atoms with Gasteiger partial charge in [0.15, 0.2) is 15.7 Å². The molecule has 1 aromatic carbocycles. The van der Waals surface area contributed by atoms with Crippen molar-refractivity contribution in [1.29, 1.82) is 5.41 Å². The van der Waals surface area contributed by atoms with E-state index in [0.717, 1.165) is 6.26 Å². The van der Waals surface area contributed by atoms with Crippen molar-refractivity contribution in [3.63, 3.8) is 0 Å². The van der Waals surface area contributed by atoms with Gasteiger partial charge in [0, 0.05) is 36.9 Å². The van der Waals surface area contributed by atoms with Gasteiger partial charge in [0.1, 0.15) is 0 Å². The summed E-state index contributed by atoms with van der Waals surface area (Å²) in [5.41, 5.74) is 1.01. The van der Waals surface area contributed by atoms with Crippen LogP contribution in [0.4, 0.5) is 4.79 Å². The number of sulfone groups is 1. The summed E-state index contributed by atoms with van der Waals surface area (Å²) in [6.07, 6.45) is 1.91. The Hall–Kier alpha value is -2.75. The van der Waals surface area contributed by atoms with Gasteiger partial charge >= 0.3 is 6.09 Å². The lowest BCUT2D eigenvalue weighted by molar-refractivity contribution is 0.128. The second-order valence-corrected chi connectivity index (χ2v) is 9.43. The van der Waals surface area contributed by atoms with Crippen molar-refractivity contribution in [3.8, 4) is 0 Å². The van der Waals surface area contributed by atoms with E-state index in [9.17, 15) is 13.2 Å². The van der Waals surface area contributed by atoms with Crippen LogP contribution < -0.4 is 0 Å². The van der Waals surface area contributed by atoms with Crippen molar-refractivity contribution in [3.05, 3.63) is 41.5 Å². The van der Waals surface area contributed by atoms with Crippen molar-refractivity contribution in [2.45, 2.75) is 42.9 Å². The molecule has 2 N–H and O–H groups in total. The summed E-state index contributed by atoms with van der Waals surface area (Å²) < 4.78 is 28.5. The van der Waals surface area contributed by atoms with E-state index in [1.165, 1.54) is 17.0 Å². The summed E-state index contributed by atoms with van der Waals surface area (Å²) >= 11 is 0. The Morgan fingerprint density at radius 1 is 1.31 bits per heavy atom. The highest BCUT2D eigenvalue weighted by molar-refractivity contribution is 7.90. The van der Waals surface area contributed by atoms with Gasteiger partial charge in [-0.15, -0.1) is 0 Å². The second kappa shape index (κ2) is 8.32. The lowest BCUT2D eigenvalue weighted by Gasteiger charge is -2.27. The summed E-state index contributed by atoms with van der Waals surface area (Å²) in [5, 5.41) is 21.4. The second-order valence-electron chi connectivity index (χ2n) is 7.41. The minimum absolute atomic E-state index is 0.0436. The van der Waals surface area contributed by atoms with Crippen molar-refractivity contribution in [2.24, 2.45) is 0 Å². The highest BCUT2D eigenvalue weighted by Crippen LogP contribution is 2.28. The van der Waals surface area contributed by atoms with Gasteiger partial charge in [-0.3, -0.25) is 0 Å². The molecule has 3 rings (SSSR count). The average Bonchev–Trinajstić information content (AvgIpc) is 3.18. The smallest absolute Gasteiger partial charge is 0.407 e. The number of carboxylic acid groups (broad SMARTS) is 1. The predicted octanol–water partition coefficient (Wildman–Crippen LogP) is 2.89. The largest absolute Gasteiger partial charge is 0.465 e. The molecular weight excluding hydrogens is 396 g/mol. The number of hydrogen-bond acceptors (Lipinski definition) is 7. The van der Waals surface area contributed by atoms with Crippen LogP contribution in [-0.2, 0) is 9.84 Å². The third-order valence-corrected chi connectivity index (χ3v) is 6.28. The van der Waals surface area contributed by atoms with Crippen LogP contribution >= 0.6 is 0 Å². The number of likely N-dealkylation sites (tertiary alicyclic amines) is 1. The van der Waals surface area contributed by atoms with Gasteiger partial charge in [0.05, 0.1) is 4.90 Å². The number of rotatable bonds is 6. The number of benzene rings is 1.